The minimum Gasteiger partial charge on any atom is -0.345 e. The Hall–Kier alpha value is -1.75. The van der Waals surface area contributed by atoms with Crippen molar-refractivity contribution in [2.24, 2.45) is 0 Å². The molecule has 0 saturated heterocycles. The summed E-state index contributed by atoms with van der Waals surface area (Å²) in [5, 5.41) is 3.78. The second kappa shape index (κ2) is 5.71. The van der Waals surface area contributed by atoms with Crippen molar-refractivity contribution in [2.75, 3.05) is 0 Å². The molecule has 0 aliphatic rings. The van der Waals surface area contributed by atoms with E-state index in [-0.39, 0.29) is 11.6 Å². The third-order valence-electron chi connectivity index (χ3n) is 3.05. The van der Waals surface area contributed by atoms with Gasteiger partial charge in [0.1, 0.15) is 5.82 Å². The number of hydrogen-bond acceptors (Lipinski definition) is 3. The Morgan fingerprint density at radius 2 is 2.05 bits per heavy atom. The van der Waals surface area contributed by atoms with Gasteiger partial charge in [0.2, 0.25) is 0 Å². The van der Waals surface area contributed by atoms with Crippen molar-refractivity contribution in [1.82, 2.24) is 10.3 Å². The monoisotopic (exact) mass is 292 g/mol. The van der Waals surface area contributed by atoms with Gasteiger partial charge in [0, 0.05) is 4.88 Å². The standard InChI is InChI=1S/C15H17FN2OS/c1-8-5-6-12(13(16)7-8)15(19)18-10(3)14-9(2)17-11(4)20-14/h5-7,10H,1-4H3,(H,18,19). The molecule has 1 aromatic heterocycles. The lowest BCUT2D eigenvalue weighted by molar-refractivity contribution is 0.0936. The SMILES string of the molecule is Cc1ccc(C(=O)NC(C)c2sc(C)nc2C)c(F)c1. The van der Waals surface area contributed by atoms with Gasteiger partial charge in [0.25, 0.3) is 5.91 Å². The van der Waals surface area contributed by atoms with Crippen LogP contribution in [-0.2, 0) is 0 Å². The zero-order valence-corrected chi connectivity index (χ0v) is 12.8. The number of hydrogen-bond donors (Lipinski definition) is 1. The molecule has 2 aromatic rings. The van der Waals surface area contributed by atoms with Gasteiger partial charge in [-0.3, -0.25) is 4.79 Å². The topological polar surface area (TPSA) is 42.0 Å². The van der Waals surface area contributed by atoms with Crippen molar-refractivity contribution in [3.63, 3.8) is 0 Å². The fourth-order valence-electron chi connectivity index (χ4n) is 2.09. The molecule has 106 valence electrons. The molecule has 0 bridgehead atoms. The number of thiazole rings is 1. The van der Waals surface area contributed by atoms with E-state index in [2.05, 4.69) is 10.3 Å². The molecule has 0 saturated carbocycles. The van der Waals surface area contributed by atoms with Gasteiger partial charge in [0.15, 0.2) is 0 Å². The molecule has 1 atom stereocenters. The summed E-state index contributed by atoms with van der Waals surface area (Å²) in [6.45, 7) is 7.50. The molecular formula is C15H17FN2OS. The maximum atomic E-state index is 13.8. The number of aryl methyl sites for hydroxylation is 3. The molecule has 1 heterocycles. The number of benzene rings is 1. The van der Waals surface area contributed by atoms with E-state index in [1.165, 1.54) is 12.1 Å². The summed E-state index contributed by atoms with van der Waals surface area (Å²) in [5.41, 5.74) is 1.77. The molecule has 20 heavy (non-hydrogen) atoms. The van der Waals surface area contributed by atoms with Crippen molar-refractivity contribution in [2.45, 2.75) is 33.7 Å². The molecule has 1 unspecified atom stereocenters. The predicted octanol–water partition coefficient (Wildman–Crippen LogP) is 3.70. The predicted molar refractivity (Wildman–Crippen MR) is 78.6 cm³/mol. The summed E-state index contributed by atoms with van der Waals surface area (Å²) in [5.74, 6) is -0.896. The number of halogens is 1. The van der Waals surface area contributed by atoms with Crippen molar-refractivity contribution >= 4 is 17.2 Å². The molecular weight excluding hydrogens is 275 g/mol. The lowest BCUT2D eigenvalue weighted by Gasteiger charge is -2.13. The highest BCUT2D eigenvalue weighted by molar-refractivity contribution is 7.11. The maximum absolute atomic E-state index is 13.8. The summed E-state index contributed by atoms with van der Waals surface area (Å²) in [7, 11) is 0. The largest absolute Gasteiger partial charge is 0.345 e. The van der Waals surface area contributed by atoms with Crippen LogP contribution < -0.4 is 5.32 Å². The molecule has 2 rings (SSSR count). The maximum Gasteiger partial charge on any atom is 0.254 e. The van der Waals surface area contributed by atoms with Crippen LogP contribution in [0, 0.1) is 26.6 Å². The third-order valence-corrected chi connectivity index (χ3v) is 4.31. The summed E-state index contributed by atoms with van der Waals surface area (Å²) >= 11 is 1.55. The van der Waals surface area contributed by atoms with Crippen LogP contribution in [0.1, 0.15) is 44.5 Å². The number of amides is 1. The van der Waals surface area contributed by atoms with Crippen molar-refractivity contribution in [3.8, 4) is 0 Å². The van der Waals surface area contributed by atoms with E-state index in [1.54, 1.807) is 24.3 Å². The molecule has 1 amide bonds. The van der Waals surface area contributed by atoms with Crippen molar-refractivity contribution in [3.05, 3.63) is 50.7 Å². The van der Waals surface area contributed by atoms with Gasteiger partial charge in [-0.1, -0.05) is 6.07 Å². The molecule has 0 aliphatic heterocycles. The first-order valence-electron chi connectivity index (χ1n) is 6.39. The van der Waals surface area contributed by atoms with E-state index < -0.39 is 11.7 Å². The second-order valence-electron chi connectivity index (χ2n) is 4.86. The number of nitrogens with one attached hydrogen (secondary N) is 1. The number of rotatable bonds is 3. The normalized spacial score (nSPS) is 12.2. The molecule has 0 aliphatic carbocycles. The molecule has 3 nitrogen and oxygen atoms in total. The molecule has 0 spiro atoms. The van der Waals surface area contributed by atoms with E-state index in [4.69, 9.17) is 0 Å². The second-order valence-corrected chi connectivity index (χ2v) is 6.10. The Morgan fingerprint density at radius 1 is 1.35 bits per heavy atom. The first-order valence-corrected chi connectivity index (χ1v) is 7.21. The minimum absolute atomic E-state index is 0.0707. The average molecular weight is 292 g/mol. The van der Waals surface area contributed by atoms with Crippen LogP contribution in [0.4, 0.5) is 4.39 Å². The molecule has 0 radical (unpaired) electrons. The van der Waals surface area contributed by atoms with Crippen molar-refractivity contribution < 1.29 is 9.18 Å². The van der Waals surface area contributed by atoms with E-state index in [9.17, 15) is 9.18 Å². The van der Waals surface area contributed by atoms with E-state index >= 15 is 0 Å². The van der Waals surface area contributed by atoms with Crippen LogP contribution in [0.15, 0.2) is 18.2 Å². The highest BCUT2D eigenvalue weighted by atomic mass is 32.1. The minimum atomic E-state index is -0.494. The average Bonchev–Trinajstić information content (AvgIpc) is 2.68. The highest BCUT2D eigenvalue weighted by Gasteiger charge is 2.18. The van der Waals surface area contributed by atoms with Crippen LogP contribution in [0.3, 0.4) is 0 Å². The quantitative estimate of drug-likeness (QED) is 0.937. The van der Waals surface area contributed by atoms with Crippen LogP contribution >= 0.6 is 11.3 Å². The van der Waals surface area contributed by atoms with Crippen LogP contribution in [0.5, 0.6) is 0 Å². The van der Waals surface area contributed by atoms with Gasteiger partial charge in [-0.25, -0.2) is 9.37 Å². The number of aromatic nitrogens is 1. The van der Waals surface area contributed by atoms with Gasteiger partial charge < -0.3 is 5.32 Å². The summed E-state index contributed by atoms with van der Waals surface area (Å²) in [6.07, 6.45) is 0. The fourth-order valence-corrected chi connectivity index (χ4v) is 3.02. The van der Waals surface area contributed by atoms with E-state index in [0.717, 1.165) is 21.1 Å². The van der Waals surface area contributed by atoms with E-state index in [0.29, 0.717) is 0 Å². The van der Waals surface area contributed by atoms with Gasteiger partial charge in [-0.15, -0.1) is 11.3 Å². The Balaban J connectivity index is 2.17. The zero-order valence-electron chi connectivity index (χ0n) is 12.0. The Kier molecular flexibility index (Phi) is 4.18. The van der Waals surface area contributed by atoms with Gasteiger partial charge in [-0.2, -0.15) is 0 Å². The van der Waals surface area contributed by atoms with Crippen LogP contribution in [0.25, 0.3) is 0 Å². The Labute approximate surface area is 121 Å². The van der Waals surface area contributed by atoms with Crippen LogP contribution in [-0.4, -0.2) is 10.9 Å². The van der Waals surface area contributed by atoms with E-state index in [1.807, 2.05) is 20.8 Å². The van der Waals surface area contributed by atoms with Gasteiger partial charge in [-0.05, 0) is 45.4 Å². The first-order chi connectivity index (χ1) is 9.38. The number of nitrogens with zero attached hydrogens (tertiary/aromatic N) is 1. The lowest BCUT2D eigenvalue weighted by Crippen LogP contribution is -2.27. The Morgan fingerprint density at radius 3 is 2.60 bits per heavy atom. The fraction of sp³-hybridized carbons (Fsp3) is 0.333. The Bertz CT molecular complexity index is 651. The smallest absolute Gasteiger partial charge is 0.254 e. The van der Waals surface area contributed by atoms with Crippen LogP contribution in [0.2, 0.25) is 0 Å². The summed E-state index contributed by atoms with van der Waals surface area (Å²) in [4.78, 5) is 17.4. The number of carbonyl (C=O) groups excluding carboxylic acids is 1. The highest BCUT2D eigenvalue weighted by Crippen LogP contribution is 2.24. The molecule has 0 fully saturated rings. The van der Waals surface area contributed by atoms with Gasteiger partial charge >= 0.3 is 0 Å². The lowest BCUT2D eigenvalue weighted by atomic mass is 10.1. The third kappa shape index (κ3) is 3.04. The number of carbonyl (C=O) groups is 1. The molecule has 1 N–H and O–H groups in total. The van der Waals surface area contributed by atoms with Gasteiger partial charge in [0.05, 0.1) is 22.3 Å². The summed E-state index contributed by atoms with van der Waals surface area (Å²) < 4.78 is 13.8. The molecule has 1 aromatic carbocycles. The first kappa shape index (κ1) is 14.7. The van der Waals surface area contributed by atoms with Crippen molar-refractivity contribution in [1.29, 1.82) is 0 Å². The summed E-state index contributed by atoms with van der Waals surface area (Å²) in [6, 6.07) is 4.42. The zero-order chi connectivity index (χ0) is 14.9. The molecule has 5 heteroatoms.